The number of Topliss-reactive ketones (excluding diaryl/α,β-unsaturated/α-hetero) is 1. The van der Waals surface area contributed by atoms with Crippen molar-refractivity contribution in [1.82, 2.24) is 15.3 Å². The minimum atomic E-state index is -0.00875. The van der Waals surface area contributed by atoms with Crippen LogP contribution in [0.25, 0.3) is 11.0 Å². The average molecular weight is 314 g/mol. The van der Waals surface area contributed by atoms with Gasteiger partial charge in [0.2, 0.25) is 0 Å². The largest absolute Gasteiger partial charge is 0.342 e. The van der Waals surface area contributed by atoms with Crippen molar-refractivity contribution in [2.24, 2.45) is 0 Å². The number of imidazole rings is 1. The van der Waals surface area contributed by atoms with Crippen molar-refractivity contribution >= 4 is 40.8 Å². The van der Waals surface area contributed by atoms with E-state index in [9.17, 15) is 4.79 Å². The first-order chi connectivity index (χ1) is 9.22. The normalized spacial score (nSPS) is 18.8. The van der Waals surface area contributed by atoms with E-state index in [1.807, 2.05) is 12.1 Å². The fraction of sp³-hybridized carbons (Fsp3) is 0.429. The van der Waals surface area contributed by atoms with Gasteiger partial charge >= 0.3 is 0 Å². The van der Waals surface area contributed by atoms with E-state index < -0.39 is 0 Å². The standard InChI is InChI=1S/C14H16ClN3O.ClH/c15-9-4-5-10-12(7-9)18-14(17-10)8-13(19)11-3-1-2-6-16-11;/h4-5,7,11,16H,1-3,6,8H2,(H,17,18);1H/t11-;/m0./s1. The molecule has 1 atom stereocenters. The molecule has 1 aliphatic rings. The van der Waals surface area contributed by atoms with Crippen LogP contribution in [-0.2, 0) is 11.2 Å². The highest BCUT2D eigenvalue weighted by molar-refractivity contribution is 6.31. The summed E-state index contributed by atoms with van der Waals surface area (Å²) in [5, 5.41) is 3.94. The average Bonchev–Trinajstić information content (AvgIpc) is 2.81. The minimum absolute atomic E-state index is 0. The molecule has 1 fully saturated rings. The maximum atomic E-state index is 12.2. The highest BCUT2D eigenvalue weighted by atomic mass is 35.5. The van der Waals surface area contributed by atoms with E-state index in [1.54, 1.807) is 6.07 Å². The summed E-state index contributed by atoms with van der Waals surface area (Å²) in [6.45, 7) is 0.937. The second-order valence-electron chi connectivity index (χ2n) is 4.99. The third-order valence-corrected chi connectivity index (χ3v) is 3.77. The molecule has 108 valence electrons. The van der Waals surface area contributed by atoms with Crippen molar-refractivity contribution in [2.75, 3.05) is 6.54 Å². The van der Waals surface area contributed by atoms with Gasteiger partial charge in [-0.15, -0.1) is 12.4 Å². The van der Waals surface area contributed by atoms with Gasteiger partial charge in [0.25, 0.3) is 0 Å². The van der Waals surface area contributed by atoms with E-state index in [0.717, 1.165) is 42.7 Å². The van der Waals surface area contributed by atoms with Crippen molar-refractivity contribution in [2.45, 2.75) is 31.7 Å². The molecule has 0 unspecified atom stereocenters. The molecule has 0 saturated carbocycles. The number of hydrogen-bond acceptors (Lipinski definition) is 3. The third kappa shape index (κ3) is 3.32. The quantitative estimate of drug-likeness (QED) is 0.916. The molecule has 0 spiro atoms. The van der Waals surface area contributed by atoms with Gasteiger partial charge in [-0.2, -0.15) is 0 Å². The lowest BCUT2D eigenvalue weighted by atomic mass is 9.99. The SMILES string of the molecule is Cl.O=C(Cc1nc2ccc(Cl)cc2[nH]1)[C@@H]1CCCCN1. The Hall–Kier alpha value is -1.10. The van der Waals surface area contributed by atoms with Crippen molar-refractivity contribution in [3.63, 3.8) is 0 Å². The van der Waals surface area contributed by atoms with Crippen LogP contribution in [0.5, 0.6) is 0 Å². The predicted octanol–water partition coefficient (Wildman–Crippen LogP) is 2.89. The summed E-state index contributed by atoms with van der Waals surface area (Å²) in [5.74, 6) is 0.930. The summed E-state index contributed by atoms with van der Waals surface area (Å²) in [7, 11) is 0. The van der Waals surface area contributed by atoms with Gasteiger partial charge in [0.15, 0.2) is 5.78 Å². The first kappa shape index (κ1) is 15.3. The summed E-state index contributed by atoms with van der Waals surface area (Å²) in [4.78, 5) is 19.8. The molecular formula is C14H17Cl2N3O. The van der Waals surface area contributed by atoms with Crippen LogP contribution in [0.3, 0.4) is 0 Å². The molecule has 1 aromatic carbocycles. The Kier molecular flexibility index (Phi) is 5.02. The predicted molar refractivity (Wildman–Crippen MR) is 82.7 cm³/mol. The van der Waals surface area contributed by atoms with Crippen LogP contribution in [0.15, 0.2) is 18.2 Å². The van der Waals surface area contributed by atoms with Crippen LogP contribution in [0.1, 0.15) is 25.1 Å². The Morgan fingerprint density at radius 3 is 3.00 bits per heavy atom. The van der Waals surface area contributed by atoms with Gasteiger partial charge in [0.1, 0.15) is 5.82 Å². The van der Waals surface area contributed by atoms with E-state index in [0.29, 0.717) is 11.4 Å². The Morgan fingerprint density at radius 1 is 1.40 bits per heavy atom. The van der Waals surface area contributed by atoms with Crippen molar-refractivity contribution in [3.05, 3.63) is 29.0 Å². The number of nitrogens with one attached hydrogen (secondary N) is 2. The summed E-state index contributed by atoms with van der Waals surface area (Å²) in [5.41, 5.74) is 1.73. The van der Waals surface area contributed by atoms with Crippen molar-refractivity contribution < 1.29 is 4.79 Å². The first-order valence-electron chi connectivity index (χ1n) is 6.62. The third-order valence-electron chi connectivity index (χ3n) is 3.53. The van der Waals surface area contributed by atoms with Crippen LogP contribution in [0, 0.1) is 0 Å². The number of fused-ring (bicyclic) bond motifs is 1. The van der Waals surface area contributed by atoms with Crippen LogP contribution in [0.2, 0.25) is 5.02 Å². The number of H-pyrrole nitrogens is 1. The van der Waals surface area contributed by atoms with Gasteiger partial charge in [0.05, 0.1) is 23.5 Å². The number of halogens is 2. The van der Waals surface area contributed by atoms with E-state index in [2.05, 4.69) is 15.3 Å². The van der Waals surface area contributed by atoms with E-state index in [-0.39, 0.29) is 24.2 Å². The number of ketones is 1. The Balaban J connectivity index is 0.00000147. The first-order valence-corrected chi connectivity index (χ1v) is 7.00. The number of aromatic nitrogens is 2. The van der Waals surface area contributed by atoms with Gasteiger partial charge in [-0.25, -0.2) is 4.98 Å². The summed E-state index contributed by atoms with van der Waals surface area (Å²) < 4.78 is 0. The fourth-order valence-corrected chi connectivity index (χ4v) is 2.71. The number of nitrogens with zero attached hydrogens (tertiary/aromatic N) is 1. The van der Waals surface area contributed by atoms with E-state index >= 15 is 0 Å². The molecule has 0 amide bonds. The molecule has 1 aliphatic heterocycles. The Labute approximate surface area is 128 Å². The molecular weight excluding hydrogens is 297 g/mol. The molecule has 1 aromatic heterocycles. The minimum Gasteiger partial charge on any atom is -0.342 e. The van der Waals surface area contributed by atoms with Gasteiger partial charge in [-0.3, -0.25) is 4.79 Å². The van der Waals surface area contributed by atoms with Crippen LogP contribution in [0.4, 0.5) is 0 Å². The summed E-state index contributed by atoms with van der Waals surface area (Å²) in [6.07, 6.45) is 3.57. The number of hydrogen-bond donors (Lipinski definition) is 2. The zero-order chi connectivity index (χ0) is 13.2. The smallest absolute Gasteiger partial charge is 0.157 e. The van der Waals surface area contributed by atoms with E-state index in [1.165, 1.54) is 0 Å². The van der Waals surface area contributed by atoms with Gasteiger partial charge in [-0.05, 0) is 37.6 Å². The second-order valence-corrected chi connectivity index (χ2v) is 5.43. The number of piperidine rings is 1. The van der Waals surface area contributed by atoms with E-state index in [4.69, 9.17) is 11.6 Å². The van der Waals surface area contributed by atoms with Crippen molar-refractivity contribution in [1.29, 1.82) is 0 Å². The molecule has 4 nitrogen and oxygen atoms in total. The monoisotopic (exact) mass is 313 g/mol. The van der Waals surface area contributed by atoms with Crippen LogP contribution >= 0.6 is 24.0 Å². The molecule has 1 saturated heterocycles. The molecule has 20 heavy (non-hydrogen) atoms. The maximum absolute atomic E-state index is 12.2. The van der Waals surface area contributed by atoms with Gasteiger partial charge in [0, 0.05) is 5.02 Å². The fourth-order valence-electron chi connectivity index (χ4n) is 2.53. The summed E-state index contributed by atoms with van der Waals surface area (Å²) in [6, 6.07) is 5.49. The zero-order valence-electron chi connectivity index (χ0n) is 11.0. The number of rotatable bonds is 3. The van der Waals surface area contributed by atoms with Crippen molar-refractivity contribution in [3.8, 4) is 0 Å². The van der Waals surface area contributed by atoms with Crippen LogP contribution < -0.4 is 5.32 Å². The number of carbonyl (C=O) groups is 1. The molecule has 3 rings (SSSR count). The second kappa shape index (κ2) is 6.57. The number of aromatic amines is 1. The summed E-state index contributed by atoms with van der Waals surface area (Å²) >= 11 is 5.93. The molecule has 6 heteroatoms. The number of benzene rings is 1. The lowest BCUT2D eigenvalue weighted by Gasteiger charge is -2.21. The van der Waals surface area contributed by atoms with Gasteiger partial charge in [-0.1, -0.05) is 18.0 Å². The maximum Gasteiger partial charge on any atom is 0.157 e. The van der Waals surface area contributed by atoms with Crippen LogP contribution in [-0.4, -0.2) is 28.3 Å². The molecule has 0 bridgehead atoms. The lowest BCUT2D eigenvalue weighted by molar-refractivity contribution is -0.121. The zero-order valence-corrected chi connectivity index (χ0v) is 12.6. The molecule has 2 aromatic rings. The Bertz CT molecular complexity index is 605. The molecule has 0 radical (unpaired) electrons. The molecule has 2 N–H and O–H groups in total. The highest BCUT2D eigenvalue weighted by Crippen LogP contribution is 2.18. The number of carbonyl (C=O) groups excluding carboxylic acids is 1. The Morgan fingerprint density at radius 2 is 2.25 bits per heavy atom. The van der Waals surface area contributed by atoms with Gasteiger partial charge < -0.3 is 10.3 Å². The molecule has 2 heterocycles. The highest BCUT2D eigenvalue weighted by Gasteiger charge is 2.21. The topological polar surface area (TPSA) is 57.8 Å². The molecule has 0 aliphatic carbocycles. The lowest BCUT2D eigenvalue weighted by Crippen LogP contribution is -2.41.